The molecule has 0 spiro atoms. The normalized spacial score (nSPS) is 17.6. The van der Waals surface area contributed by atoms with Crippen molar-refractivity contribution in [2.75, 3.05) is 52.4 Å². The van der Waals surface area contributed by atoms with Crippen LogP contribution in [-0.4, -0.2) is 106 Å². The fourth-order valence-electron chi connectivity index (χ4n) is 3.52. The molecule has 0 bridgehead atoms. The van der Waals surface area contributed by atoms with Crippen LogP contribution in [0.2, 0.25) is 0 Å². The Morgan fingerprint density at radius 1 is 0.875 bits per heavy atom. The van der Waals surface area contributed by atoms with Crippen LogP contribution in [0.25, 0.3) is 0 Å². The van der Waals surface area contributed by atoms with Gasteiger partial charge in [0.05, 0.1) is 4.92 Å². The predicted molar refractivity (Wildman–Crippen MR) is 111 cm³/mol. The average molecular weight is 453 g/mol. The minimum absolute atomic E-state index is 0.0445. The number of nitrogens with one attached hydrogen (secondary N) is 2. The van der Waals surface area contributed by atoms with Crippen molar-refractivity contribution < 1.29 is 34.6 Å². The van der Waals surface area contributed by atoms with E-state index in [4.69, 9.17) is 0 Å². The van der Waals surface area contributed by atoms with Crippen LogP contribution in [0.3, 0.4) is 0 Å². The molecule has 0 aliphatic carbocycles. The average Bonchev–Trinajstić information content (AvgIpc) is 2.71. The van der Waals surface area contributed by atoms with Gasteiger partial charge in [0.25, 0.3) is 5.69 Å². The lowest BCUT2D eigenvalue weighted by molar-refractivity contribution is -0.384. The molecule has 1 aromatic carbocycles. The van der Waals surface area contributed by atoms with Crippen LogP contribution in [0.1, 0.15) is 5.56 Å². The summed E-state index contributed by atoms with van der Waals surface area (Å²) in [4.78, 5) is 48.7. The van der Waals surface area contributed by atoms with Gasteiger partial charge in [-0.2, -0.15) is 0 Å². The zero-order valence-corrected chi connectivity index (χ0v) is 17.4. The summed E-state index contributed by atoms with van der Waals surface area (Å²) in [6.45, 7) is 2.81. The van der Waals surface area contributed by atoms with Gasteiger partial charge in [-0.3, -0.25) is 19.9 Å². The van der Waals surface area contributed by atoms with Crippen LogP contribution in [0.5, 0.6) is 0 Å². The molecule has 1 fully saturated rings. The van der Waals surface area contributed by atoms with Gasteiger partial charge in [-0.1, -0.05) is 12.1 Å². The standard InChI is InChI=1S/C19H27N5O8/c25-16(26)19(17(27)28,18(29)30)23-10-8-21-6-5-20-7-9-22(11-12-23)13-14-1-3-15(4-2-14)24(31)32/h1-4,20-21H,5-13H2,(H,25,26)(H,27,28)(H,29,30). The van der Waals surface area contributed by atoms with Gasteiger partial charge in [0, 0.05) is 71.0 Å². The van der Waals surface area contributed by atoms with Crippen molar-refractivity contribution in [1.82, 2.24) is 20.4 Å². The zero-order chi connectivity index (χ0) is 23.7. The van der Waals surface area contributed by atoms with E-state index in [0.29, 0.717) is 32.7 Å². The number of benzene rings is 1. The number of hydrogen-bond donors (Lipinski definition) is 5. The number of carboxylic acids is 3. The summed E-state index contributed by atoms with van der Waals surface area (Å²) >= 11 is 0. The molecule has 0 amide bonds. The summed E-state index contributed by atoms with van der Waals surface area (Å²) < 4.78 is 0. The summed E-state index contributed by atoms with van der Waals surface area (Å²) in [6.07, 6.45) is 0. The Labute approximate surface area is 183 Å². The van der Waals surface area contributed by atoms with Crippen molar-refractivity contribution in [3.63, 3.8) is 0 Å². The van der Waals surface area contributed by atoms with Gasteiger partial charge in [-0.15, -0.1) is 0 Å². The van der Waals surface area contributed by atoms with Crippen LogP contribution in [0.15, 0.2) is 24.3 Å². The van der Waals surface area contributed by atoms with E-state index < -0.39 is 28.4 Å². The van der Waals surface area contributed by atoms with Gasteiger partial charge in [-0.25, -0.2) is 14.4 Å². The maximum absolute atomic E-state index is 11.8. The van der Waals surface area contributed by atoms with Crippen LogP contribution < -0.4 is 10.6 Å². The van der Waals surface area contributed by atoms with E-state index in [1.54, 1.807) is 12.1 Å². The van der Waals surface area contributed by atoms with E-state index in [0.717, 1.165) is 10.5 Å². The second kappa shape index (κ2) is 11.5. The Morgan fingerprint density at radius 2 is 1.41 bits per heavy atom. The molecule has 0 unspecified atom stereocenters. The molecule has 176 valence electrons. The van der Waals surface area contributed by atoms with Gasteiger partial charge >= 0.3 is 23.4 Å². The van der Waals surface area contributed by atoms with Crippen molar-refractivity contribution in [3.8, 4) is 0 Å². The highest BCUT2D eigenvalue weighted by Crippen LogP contribution is 2.19. The number of carboxylic acid groups (broad SMARTS) is 3. The van der Waals surface area contributed by atoms with E-state index in [-0.39, 0.29) is 31.9 Å². The number of hydrogen-bond acceptors (Lipinski definition) is 9. The van der Waals surface area contributed by atoms with Crippen LogP contribution in [0, 0.1) is 10.1 Å². The Morgan fingerprint density at radius 3 is 1.91 bits per heavy atom. The topological polar surface area (TPSA) is 186 Å². The van der Waals surface area contributed by atoms with E-state index in [2.05, 4.69) is 10.6 Å². The molecule has 13 heteroatoms. The summed E-state index contributed by atoms with van der Waals surface area (Å²) in [5, 5.41) is 45.9. The van der Waals surface area contributed by atoms with Gasteiger partial charge in [0.1, 0.15) is 0 Å². The van der Waals surface area contributed by atoms with Gasteiger partial charge in [0.2, 0.25) is 0 Å². The largest absolute Gasteiger partial charge is 0.479 e. The first kappa shape index (κ1) is 25.1. The van der Waals surface area contributed by atoms with E-state index in [1.807, 2.05) is 4.90 Å². The summed E-state index contributed by atoms with van der Waals surface area (Å²) in [5.41, 5.74) is -2.38. The molecule has 32 heavy (non-hydrogen) atoms. The first-order valence-corrected chi connectivity index (χ1v) is 10.0. The van der Waals surface area contributed by atoms with Gasteiger partial charge in [0.15, 0.2) is 0 Å². The van der Waals surface area contributed by atoms with Crippen LogP contribution >= 0.6 is 0 Å². The maximum atomic E-state index is 11.8. The second-order valence-electron chi connectivity index (χ2n) is 7.31. The quantitative estimate of drug-likeness (QED) is 0.191. The molecular weight excluding hydrogens is 426 g/mol. The molecular formula is C19H27N5O8. The minimum Gasteiger partial charge on any atom is -0.479 e. The molecule has 1 heterocycles. The second-order valence-corrected chi connectivity index (χ2v) is 7.31. The van der Waals surface area contributed by atoms with Crippen LogP contribution in [0.4, 0.5) is 5.69 Å². The number of rotatable bonds is 7. The predicted octanol–water partition coefficient (Wildman–Crippen LogP) is -1.12. The SMILES string of the molecule is O=C(O)C(C(=O)O)(C(=O)O)N1CCNCCNCCN(Cc2ccc([N+](=O)[O-])cc2)CC1. The molecule has 2 rings (SSSR count). The van der Waals surface area contributed by atoms with E-state index in [1.165, 1.54) is 12.1 Å². The highest BCUT2D eigenvalue weighted by atomic mass is 16.6. The number of carbonyl (C=O) groups is 3. The number of aliphatic carboxylic acids is 3. The number of non-ortho nitro benzene ring substituents is 1. The molecule has 0 saturated carbocycles. The monoisotopic (exact) mass is 453 g/mol. The fourth-order valence-corrected chi connectivity index (χ4v) is 3.52. The molecule has 0 atom stereocenters. The van der Waals surface area contributed by atoms with Crippen LogP contribution in [-0.2, 0) is 20.9 Å². The smallest absolute Gasteiger partial charge is 0.347 e. The summed E-state index contributed by atoms with van der Waals surface area (Å²) in [5.74, 6) is -5.89. The molecule has 1 aliphatic rings. The first-order chi connectivity index (χ1) is 15.2. The Hall–Kier alpha value is -3.13. The molecule has 0 radical (unpaired) electrons. The highest BCUT2D eigenvalue weighted by Gasteiger charge is 2.59. The first-order valence-electron chi connectivity index (χ1n) is 10.0. The van der Waals surface area contributed by atoms with Crippen molar-refractivity contribution in [2.45, 2.75) is 12.1 Å². The lowest BCUT2D eigenvalue weighted by Gasteiger charge is -2.36. The Bertz CT molecular complexity index is 795. The molecule has 5 N–H and O–H groups in total. The van der Waals surface area contributed by atoms with Crippen molar-refractivity contribution in [3.05, 3.63) is 39.9 Å². The van der Waals surface area contributed by atoms with Crippen molar-refractivity contribution in [2.24, 2.45) is 0 Å². The van der Waals surface area contributed by atoms with Crippen molar-refractivity contribution >= 4 is 23.6 Å². The summed E-state index contributed by atoms with van der Waals surface area (Å²) in [7, 11) is 0. The Kier molecular flexibility index (Phi) is 9.02. The molecule has 13 nitrogen and oxygen atoms in total. The third-order valence-electron chi connectivity index (χ3n) is 5.28. The maximum Gasteiger partial charge on any atom is 0.347 e. The lowest BCUT2D eigenvalue weighted by Crippen LogP contribution is -2.67. The summed E-state index contributed by atoms with van der Waals surface area (Å²) in [6, 6.07) is 5.98. The number of nitrogens with zero attached hydrogens (tertiary/aromatic N) is 3. The molecule has 1 aromatic rings. The third kappa shape index (κ3) is 5.97. The Balaban J connectivity index is 2.26. The van der Waals surface area contributed by atoms with E-state index >= 15 is 0 Å². The fraction of sp³-hybridized carbons (Fsp3) is 0.526. The number of nitro benzene ring substituents is 1. The van der Waals surface area contributed by atoms with Gasteiger partial charge < -0.3 is 26.0 Å². The van der Waals surface area contributed by atoms with Crippen molar-refractivity contribution in [1.29, 1.82) is 0 Å². The third-order valence-corrected chi connectivity index (χ3v) is 5.28. The van der Waals surface area contributed by atoms with E-state index in [9.17, 15) is 39.8 Å². The molecule has 1 saturated heterocycles. The number of nitro groups is 1. The highest BCUT2D eigenvalue weighted by molar-refractivity contribution is 6.21. The molecule has 1 aliphatic heterocycles. The minimum atomic E-state index is -3.11. The van der Waals surface area contributed by atoms with Gasteiger partial charge in [-0.05, 0) is 5.56 Å². The zero-order valence-electron chi connectivity index (χ0n) is 17.4. The lowest BCUT2D eigenvalue weighted by atomic mass is 9.97. The molecule has 0 aromatic heterocycles.